The molecule has 1 aliphatic heterocycles. The van der Waals surface area contributed by atoms with E-state index in [1.54, 1.807) is 24.3 Å². The Kier molecular flexibility index (Phi) is 8.26. The van der Waals surface area contributed by atoms with Crippen LogP contribution in [0.15, 0.2) is 24.3 Å². The van der Waals surface area contributed by atoms with Crippen molar-refractivity contribution in [1.82, 2.24) is 15.5 Å². The average molecular weight is 375 g/mol. The maximum Gasteiger partial charge on any atom is 0.258 e. The maximum atomic E-state index is 12.1. The number of ketones is 1. The van der Waals surface area contributed by atoms with Crippen LogP contribution in [0.25, 0.3) is 0 Å². The predicted molar refractivity (Wildman–Crippen MR) is 103 cm³/mol. The highest BCUT2D eigenvalue weighted by atomic mass is 16.5. The molecule has 2 rings (SSSR count). The second-order valence-corrected chi connectivity index (χ2v) is 6.84. The Balaban J connectivity index is 1.65. The molecule has 0 atom stereocenters. The topological polar surface area (TPSA) is 87.7 Å². The highest BCUT2D eigenvalue weighted by Gasteiger charge is 2.22. The van der Waals surface area contributed by atoms with E-state index in [1.807, 2.05) is 6.92 Å². The number of ether oxygens (including phenoxy) is 1. The Morgan fingerprint density at radius 3 is 2.37 bits per heavy atom. The lowest BCUT2D eigenvalue weighted by molar-refractivity contribution is -0.125. The molecule has 0 aromatic heterocycles. The van der Waals surface area contributed by atoms with E-state index in [-0.39, 0.29) is 30.2 Å². The van der Waals surface area contributed by atoms with Crippen LogP contribution in [-0.2, 0) is 9.59 Å². The van der Waals surface area contributed by atoms with Gasteiger partial charge in [-0.05, 0) is 50.5 Å². The summed E-state index contributed by atoms with van der Waals surface area (Å²) in [5.41, 5.74) is 0.613. The van der Waals surface area contributed by atoms with Crippen LogP contribution in [0, 0.1) is 0 Å². The van der Waals surface area contributed by atoms with Crippen LogP contribution in [0.3, 0.4) is 0 Å². The third kappa shape index (κ3) is 7.38. The van der Waals surface area contributed by atoms with Crippen molar-refractivity contribution in [3.8, 4) is 5.75 Å². The molecule has 1 fully saturated rings. The van der Waals surface area contributed by atoms with E-state index in [2.05, 4.69) is 15.5 Å². The number of hydrogen-bond donors (Lipinski definition) is 2. The Hall–Kier alpha value is -2.41. The fourth-order valence-electron chi connectivity index (χ4n) is 2.96. The van der Waals surface area contributed by atoms with Gasteiger partial charge in [-0.25, -0.2) is 0 Å². The minimum Gasteiger partial charge on any atom is -0.484 e. The SMILES string of the molecule is CCCNC(=O)CN1CCC(NC(=O)COc2ccc(C(C)=O)cc2)CC1. The number of piperidine rings is 1. The first-order chi connectivity index (χ1) is 13.0. The molecule has 0 saturated carbocycles. The Morgan fingerprint density at radius 2 is 1.78 bits per heavy atom. The van der Waals surface area contributed by atoms with Gasteiger partial charge in [-0.15, -0.1) is 0 Å². The van der Waals surface area contributed by atoms with Gasteiger partial charge in [0, 0.05) is 31.2 Å². The molecule has 1 aromatic carbocycles. The van der Waals surface area contributed by atoms with Gasteiger partial charge in [0.1, 0.15) is 5.75 Å². The van der Waals surface area contributed by atoms with Gasteiger partial charge >= 0.3 is 0 Å². The minimum atomic E-state index is -0.162. The van der Waals surface area contributed by atoms with Gasteiger partial charge in [-0.2, -0.15) is 0 Å². The van der Waals surface area contributed by atoms with Crippen molar-refractivity contribution >= 4 is 17.6 Å². The standard InChI is InChI=1S/C20H29N3O4/c1-3-10-21-19(25)13-23-11-8-17(9-12-23)22-20(26)14-27-18-6-4-16(5-7-18)15(2)24/h4-7,17H,3,8-14H2,1-2H3,(H,21,25)(H,22,26). The normalized spacial score (nSPS) is 15.2. The molecule has 7 nitrogen and oxygen atoms in total. The summed E-state index contributed by atoms with van der Waals surface area (Å²) >= 11 is 0. The van der Waals surface area contributed by atoms with Crippen molar-refractivity contribution in [2.45, 2.75) is 39.2 Å². The fourth-order valence-corrected chi connectivity index (χ4v) is 2.96. The molecule has 0 unspecified atom stereocenters. The van der Waals surface area contributed by atoms with E-state index in [0.717, 1.165) is 32.4 Å². The van der Waals surface area contributed by atoms with Gasteiger partial charge in [0.15, 0.2) is 12.4 Å². The molecule has 7 heteroatoms. The summed E-state index contributed by atoms with van der Waals surface area (Å²) in [6.45, 7) is 6.18. The highest BCUT2D eigenvalue weighted by Crippen LogP contribution is 2.13. The number of benzene rings is 1. The minimum absolute atomic E-state index is 0.00604. The molecule has 0 bridgehead atoms. The number of nitrogens with zero attached hydrogens (tertiary/aromatic N) is 1. The van der Waals surface area contributed by atoms with E-state index in [9.17, 15) is 14.4 Å². The zero-order chi connectivity index (χ0) is 19.6. The van der Waals surface area contributed by atoms with Crippen LogP contribution in [0.4, 0.5) is 0 Å². The Labute approximate surface area is 160 Å². The monoisotopic (exact) mass is 375 g/mol. The van der Waals surface area contributed by atoms with Gasteiger partial charge in [-0.3, -0.25) is 19.3 Å². The lowest BCUT2D eigenvalue weighted by Gasteiger charge is -2.31. The first-order valence-corrected chi connectivity index (χ1v) is 9.50. The van der Waals surface area contributed by atoms with E-state index in [0.29, 0.717) is 24.4 Å². The van der Waals surface area contributed by atoms with Crippen molar-refractivity contribution in [3.63, 3.8) is 0 Å². The van der Waals surface area contributed by atoms with Crippen molar-refractivity contribution < 1.29 is 19.1 Å². The molecule has 1 saturated heterocycles. The summed E-state index contributed by atoms with van der Waals surface area (Å²) in [6, 6.07) is 6.85. The quantitative estimate of drug-likeness (QED) is 0.637. The van der Waals surface area contributed by atoms with E-state index < -0.39 is 0 Å². The number of nitrogens with one attached hydrogen (secondary N) is 2. The Morgan fingerprint density at radius 1 is 1.11 bits per heavy atom. The number of likely N-dealkylation sites (tertiary alicyclic amines) is 1. The summed E-state index contributed by atoms with van der Waals surface area (Å²) in [5.74, 6) is 0.449. The molecule has 0 spiro atoms. The third-order valence-electron chi connectivity index (χ3n) is 4.52. The lowest BCUT2D eigenvalue weighted by Crippen LogP contribution is -2.48. The molecular formula is C20H29N3O4. The molecule has 1 aliphatic rings. The van der Waals surface area contributed by atoms with Crippen LogP contribution in [-0.4, -0.2) is 61.3 Å². The van der Waals surface area contributed by atoms with Crippen molar-refractivity contribution in [2.24, 2.45) is 0 Å². The summed E-state index contributed by atoms with van der Waals surface area (Å²) in [6.07, 6.45) is 2.57. The fraction of sp³-hybridized carbons (Fsp3) is 0.550. The first kappa shape index (κ1) is 20.9. The van der Waals surface area contributed by atoms with Crippen LogP contribution in [0.5, 0.6) is 5.75 Å². The lowest BCUT2D eigenvalue weighted by atomic mass is 10.1. The average Bonchev–Trinajstić information content (AvgIpc) is 2.66. The van der Waals surface area contributed by atoms with Gasteiger partial charge in [0.2, 0.25) is 5.91 Å². The zero-order valence-electron chi connectivity index (χ0n) is 16.1. The summed E-state index contributed by atoms with van der Waals surface area (Å²) in [4.78, 5) is 37.2. The molecule has 1 heterocycles. The van der Waals surface area contributed by atoms with Gasteiger partial charge < -0.3 is 15.4 Å². The van der Waals surface area contributed by atoms with E-state index >= 15 is 0 Å². The molecular weight excluding hydrogens is 346 g/mol. The van der Waals surface area contributed by atoms with Crippen molar-refractivity contribution in [1.29, 1.82) is 0 Å². The molecule has 148 valence electrons. The zero-order valence-corrected chi connectivity index (χ0v) is 16.1. The number of carbonyl (C=O) groups is 3. The molecule has 27 heavy (non-hydrogen) atoms. The van der Waals surface area contributed by atoms with Crippen molar-refractivity contribution in [2.75, 3.05) is 32.8 Å². The van der Waals surface area contributed by atoms with E-state index in [4.69, 9.17) is 4.74 Å². The number of amides is 2. The second kappa shape index (κ2) is 10.7. The Bertz CT molecular complexity index is 637. The van der Waals surface area contributed by atoms with Crippen LogP contribution in [0.1, 0.15) is 43.5 Å². The van der Waals surface area contributed by atoms with Gasteiger partial charge in [0.05, 0.1) is 6.54 Å². The second-order valence-electron chi connectivity index (χ2n) is 6.84. The van der Waals surface area contributed by atoms with Gasteiger partial charge in [0.25, 0.3) is 5.91 Å². The summed E-state index contributed by atoms with van der Waals surface area (Å²) < 4.78 is 5.47. The predicted octanol–water partition coefficient (Wildman–Crippen LogP) is 1.37. The molecule has 0 radical (unpaired) electrons. The largest absolute Gasteiger partial charge is 0.484 e. The molecule has 0 aliphatic carbocycles. The van der Waals surface area contributed by atoms with Crippen LogP contribution in [0.2, 0.25) is 0 Å². The number of carbonyl (C=O) groups excluding carboxylic acids is 3. The molecule has 2 amide bonds. The third-order valence-corrected chi connectivity index (χ3v) is 4.52. The summed E-state index contributed by atoms with van der Waals surface area (Å²) in [5, 5.41) is 5.86. The molecule has 2 N–H and O–H groups in total. The van der Waals surface area contributed by atoms with E-state index in [1.165, 1.54) is 6.92 Å². The number of rotatable bonds is 9. The first-order valence-electron chi connectivity index (χ1n) is 9.50. The van der Waals surface area contributed by atoms with Crippen molar-refractivity contribution in [3.05, 3.63) is 29.8 Å². The number of hydrogen-bond acceptors (Lipinski definition) is 5. The maximum absolute atomic E-state index is 12.1. The highest BCUT2D eigenvalue weighted by molar-refractivity contribution is 5.94. The number of Topliss-reactive ketones (excluding diaryl/α,β-unsaturated/α-hetero) is 1. The smallest absolute Gasteiger partial charge is 0.258 e. The summed E-state index contributed by atoms with van der Waals surface area (Å²) in [7, 11) is 0. The van der Waals surface area contributed by atoms with Gasteiger partial charge in [-0.1, -0.05) is 6.92 Å². The molecule has 1 aromatic rings. The van der Waals surface area contributed by atoms with Crippen LogP contribution >= 0.6 is 0 Å². The van der Waals surface area contributed by atoms with Crippen LogP contribution < -0.4 is 15.4 Å².